The lowest BCUT2D eigenvalue weighted by molar-refractivity contribution is 0.602. The van der Waals surface area contributed by atoms with Crippen LogP contribution in [0.25, 0.3) is 21.7 Å². The Kier molecular flexibility index (Phi) is 2.74. The number of benzene rings is 1. The van der Waals surface area contributed by atoms with Gasteiger partial charge in [0.15, 0.2) is 9.84 Å². The highest BCUT2D eigenvalue weighted by Crippen LogP contribution is 2.36. The molecule has 0 spiro atoms. The summed E-state index contributed by atoms with van der Waals surface area (Å²) >= 11 is 1.79. The average Bonchev–Trinajstić information content (AvgIpc) is 3.09. The molecule has 0 unspecified atom stereocenters. The molecule has 6 heteroatoms. The molecule has 0 bridgehead atoms. The first-order valence-corrected chi connectivity index (χ1v) is 9.53. The summed E-state index contributed by atoms with van der Waals surface area (Å²) in [5, 5.41) is 0. The highest BCUT2D eigenvalue weighted by Gasteiger charge is 2.17. The summed E-state index contributed by atoms with van der Waals surface area (Å²) < 4.78 is 23.2. The SMILES string of the molecule is CS(=O)(=O)c1ccc2nc(-c3cc4c(s3)CCC4)[nH]c2c1. The van der Waals surface area contributed by atoms with E-state index in [1.165, 1.54) is 29.5 Å². The van der Waals surface area contributed by atoms with Gasteiger partial charge in [-0.1, -0.05) is 0 Å². The molecule has 1 aromatic carbocycles. The van der Waals surface area contributed by atoms with Crippen LogP contribution in [0, 0.1) is 0 Å². The standard InChI is InChI=1S/C15H14N2O2S2/c1-21(18,19)10-5-6-11-12(8-10)17-15(16-11)14-7-9-3-2-4-13(9)20-14/h5-8H,2-4H2,1H3,(H,16,17). The maximum atomic E-state index is 11.6. The molecule has 1 N–H and O–H groups in total. The van der Waals surface area contributed by atoms with E-state index < -0.39 is 9.84 Å². The van der Waals surface area contributed by atoms with Gasteiger partial charge in [0.1, 0.15) is 5.82 Å². The van der Waals surface area contributed by atoms with Gasteiger partial charge in [0.25, 0.3) is 0 Å². The van der Waals surface area contributed by atoms with Crippen LogP contribution in [0.4, 0.5) is 0 Å². The molecule has 1 aliphatic rings. The first kappa shape index (κ1) is 13.0. The third-order valence-corrected chi connectivity index (χ3v) is 6.22. The number of hydrogen-bond donors (Lipinski definition) is 1. The second kappa shape index (κ2) is 4.42. The zero-order valence-electron chi connectivity index (χ0n) is 11.5. The summed E-state index contributed by atoms with van der Waals surface area (Å²) in [5.41, 5.74) is 3.00. The lowest BCUT2D eigenvalue weighted by Gasteiger charge is -1.96. The number of sulfone groups is 1. The van der Waals surface area contributed by atoms with Crippen molar-refractivity contribution in [1.29, 1.82) is 0 Å². The van der Waals surface area contributed by atoms with Gasteiger partial charge in [0.05, 0.1) is 20.8 Å². The summed E-state index contributed by atoms with van der Waals surface area (Å²) in [6.07, 6.45) is 4.79. The maximum Gasteiger partial charge on any atom is 0.175 e. The summed E-state index contributed by atoms with van der Waals surface area (Å²) in [5.74, 6) is 0.829. The van der Waals surface area contributed by atoms with Gasteiger partial charge in [0, 0.05) is 11.1 Å². The predicted molar refractivity (Wildman–Crippen MR) is 84.5 cm³/mol. The third kappa shape index (κ3) is 2.18. The lowest BCUT2D eigenvalue weighted by atomic mass is 10.2. The molecule has 4 nitrogen and oxygen atoms in total. The third-order valence-electron chi connectivity index (χ3n) is 3.86. The Bertz CT molecular complexity index is 930. The van der Waals surface area contributed by atoms with Crippen molar-refractivity contribution in [3.8, 4) is 10.7 Å². The molecule has 0 radical (unpaired) electrons. The molecule has 2 aromatic heterocycles. The Labute approximate surface area is 126 Å². The number of aromatic nitrogens is 2. The molecule has 3 aromatic rings. The van der Waals surface area contributed by atoms with Crippen LogP contribution in [0.5, 0.6) is 0 Å². The monoisotopic (exact) mass is 318 g/mol. The molecule has 1 aliphatic carbocycles. The Morgan fingerprint density at radius 1 is 1.24 bits per heavy atom. The van der Waals surface area contributed by atoms with Gasteiger partial charge in [0.2, 0.25) is 0 Å². The molecular weight excluding hydrogens is 304 g/mol. The van der Waals surface area contributed by atoms with Crippen molar-refractivity contribution in [2.75, 3.05) is 6.26 Å². The Morgan fingerprint density at radius 2 is 2.10 bits per heavy atom. The molecule has 0 saturated carbocycles. The van der Waals surface area contributed by atoms with Gasteiger partial charge in [-0.15, -0.1) is 11.3 Å². The number of hydrogen-bond acceptors (Lipinski definition) is 4. The van der Waals surface area contributed by atoms with E-state index >= 15 is 0 Å². The fourth-order valence-electron chi connectivity index (χ4n) is 2.78. The van der Waals surface area contributed by atoms with Crippen LogP contribution < -0.4 is 0 Å². The molecule has 2 heterocycles. The van der Waals surface area contributed by atoms with Crippen LogP contribution in [0.15, 0.2) is 29.2 Å². The molecule has 0 saturated heterocycles. The molecule has 21 heavy (non-hydrogen) atoms. The average molecular weight is 318 g/mol. The van der Waals surface area contributed by atoms with Crippen molar-refractivity contribution >= 4 is 32.2 Å². The van der Waals surface area contributed by atoms with Crippen molar-refractivity contribution in [2.24, 2.45) is 0 Å². The summed E-state index contributed by atoms with van der Waals surface area (Å²) in [7, 11) is -3.19. The van der Waals surface area contributed by atoms with Crippen LogP contribution >= 0.6 is 11.3 Å². The van der Waals surface area contributed by atoms with E-state index in [4.69, 9.17) is 0 Å². The molecule has 4 rings (SSSR count). The maximum absolute atomic E-state index is 11.6. The van der Waals surface area contributed by atoms with Crippen LogP contribution in [0.3, 0.4) is 0 Å². The Balaban J connectivity index is 1.83. The van der Waals surface area contributed by atoms with Crippen LogP contribution in [0.1, 0.15) is 16.9 Å². The van der Waals surface area contributed by atoms with Crippen LogP contribution in [-0.2, 0) is 22.7 Å². The smallest absolute Gasteiger partial charge is 0.175 e. The molecule has 108 valence electrons. The minimum atomic E-state index is -3.19. The van der Waals surface area contributed by atoms with E-state index in [0.717, 1.165) is 28.2 Å². The predicted octanol–water partition coefficient (Wildman–Crippen LogP) is 3.18. The van der Waals surface area contributed by atoms with Crippen LogP contribution in [-0.4, -0.2) is 24.6 Å². The zero-order chi connectivity index (χ0) is 14.6. The number of nitrogens with zero attached hydrogens (tertiary/aromatic N) is 1. The van der Waals surface area contributed by atoms with Crippen molar-refractivity contribution in [1.82, 2.24) is 9.97 Å². The molecule has 0 fully saturated rings. The van der Waals surface area contributed by atoms with E-state index in [9.17, 15) is 8.42 Å². The minimum Gasteiger partial charge on any atom is -0.337 e. The van der Waals surface area contributed by atoms with Gasteiger partial charge in [-0.3, -0.25) is 0 Å². The zero-order valence-corrected chi connectivity index (χ0v) is 13.1. The van der Waals surface area contributed by atoms with Gasteiger partial charge in [-0.2, -0.15) is 0 Å². The second-order valence-corrected chi connectivity index (χ2v) is 8.60. The highest BCUT2D eigenvalue weighted by molar-refractivity contribution is 7.90. The minimum absolute atomic E-state index is 0.318. The fourth-order valence-corrected chi connectivity index (χ4v) is 4.63. The molecule has 0 aliphatic heterocycles. The first-order valence-electron chi connectivity index (χ1n) is 6.82. The number of rotatable bonds is 2. The number of nitrogens with one attached hydrogen (secondary N) is 1. The van der Waals surface area contributed by atoms with E-state index in [0.29, 0.717) is 4.90 Å². The fraction of sp³-hybridized carbons (Fsp3) is 0.267. The largest absolute Gasteiger partial charge is 0.337 e. The van der Waals surface area contributed by atoms with Gasteiger partial charge in [-0.25, -0.2) is 13.4 Å². The van der Waals surface area contributed by atoms with E-state index in [1.807, 2.05) is 0 Å². The van der Waals surface area contributed by atoms with Crippen molar-refractivity contribution in [3.63, 3.8) is 0 Å². The van der Waals surface area contributed by atoms with E-state index in [-0.39, 0.29) is 0 Å². The van der Waals surface area contributed by atoms with Gasteiger partial charge in [-0.05, 0) is 49.1 Å². The quantitative estimate of drug-likeness (QED) is 0.789. The number of H-pyrrole nitrogens is 1. The normalized spacial score (nSPS) is 14.7. The Hall–Kier alpha value is -1.66. The van der Waals surface area contributed by atoms with E-state index in [1.54, 1.807) is 29.5 Å². The summed E-state index contributed by atoms with van der Waals surface area (Å²) in [6.45, 7) is 0. The van der Waals surface area contributed by atoms with Crippen LogP contribution in [0.2, 0.25) is 0 Å². The lowest BCUT2D eigenvalue weighted by Crippen LogP contribution is -1.96. The molecule has 0 atom stereocenters. The van der Waals surface area contributed by atoms with Crippen molar-refractivity contribution in [2.45, 2.75) is 24.2 Å². The topological polar surface area (TPSA) is 62.8 Å². The van der Waals surface area contributed by atoms with E-state index in [2.05, 4.69) is 16.0 Å². The van der Waals surface area contributed by atoms with Gasteiger partial charge >= 0.3 is 0 Å². The number of aromatic amines is 1. The van der Waals surface area contributed by atoms with Gasteiger partial charge < -0.3 is 4.98 Å². The van der Waals surface area contributed by atoms with Crippen molar-refractivity contribution < 1.29 is 8.42 Å². The molecule has 0 amide bonds. The summed E-state index contributed by atoms with van der Waals surface area (Å²) in [4.78, 5) is 10.7. The number of imidazole rings is 1. The number of thiophene rings is 1. The number of fused-ring (bicyclic) bond motifs is 2. The van der Waals surface area contributed by atoms with Crippen molar-refractivity contribution in [3.05, 3.63) is 34.7 Å². The summed E-state index contributed by atoms with van der Waals surface area (Å²) in [6, 6.07) is 7.23. The molecular formula is C15H14N2O2S2. The second-order valence-electron chi connectivity index (χ2n) is 5.45. The highest BCUT2D eigenvalue weighted by atomic mass is 32.2. The first-order chi connectivity index (χ1) is 10.0. The Morgan fingerprint density at radius 3 is 2.86 bits per heavy atom. The number of aryl methyl sites for hydroxylation is 2.